The second-order valence-electron chi connectivity index (χ2n) is 6.17. The zero-order valence-corrected chi connectivity index (χ0v) is 20.1. The first-order chi connectivity index (χ1) is 12.6. The zero-order valence-electron chi connectivity index (χ0n) is 13.8. The summed E-state index contributed by atoms with van der Waals surface area (Å²) in [6.07, 6.45) is 0. The van der Waals surface area contributed by atoms with Crippen molar-refractivity contribution in [1.29, 1.82) is 0 Å². The highest BCUT2D eigenvalue weighted by Crippen LogP contribution is 2.44. The summed E-state index contributed by atoms with van der Waals surface area (Å²) in [5, 5.41) is 3.42. The van der Waals surface area contributed by atoms with E-state index in [0.717, 1.165) is 67.6 Å². The Kier molecular flexibility index (Phi) is 5.76. The van der Waals surface area contributed by atoms with Crippen LogP contribution in [-0.2, 0) is 6.54 Å². The fraction of sp³-hybridized carbons (Fsp3) is 0.278. The van der Waals surface area contributed by atoms with Gasteiger partial charge < -0.3 is 14.8 Å². The number of hydrogen-bond acceptors (Lipinski definition) is 3. The molecule has 26 heavy (non-hydrogen) atoms. The second-order valence-corrected chi connectivity index (χ2v) is 9.35. The summed E-state index contributed by atoms with van der Waals surface area (Å²) in [7, 11) is 0. The molecule has 0 amide bonds. The first-order valence-corrected chi connectivity index (χ1v) is 11.5. The van der Waals surface area contributed by atoms with Gasteiger partial charge in [-0.3, -0.25) is 0 Å². The molecular weight excluding hydrogens is 592 g/mol. The van der Waals surface area contributed by atoms with Crippen molar-refractivity contribution in [3.05, 3.63) is 53.8 Å². The van der Waals surface area contributed by atoms with Crippen molar-refractivity contribution < 1.29 is 0 Å². The van der Waals surface area contributed by atoms with E-state index in [0.29, 0.717) is 0 Å². The molecule has 0 saturated carbocycles. The van der Waals surface area contributed by atoms with Gasteiger partial charge in [-0.2, -0.15) is 0 Å². The van der Waals surface area contributed by atoms with E-state index in [4.69, 9.17) is 4.98 Å². The molecule has 0 unspecified atom stereocenters. The van der Waals surface area contributed by atoms with Gasteiger partial charge in [-0.1, -0.05) is 30.3 Å². The van der Waals surface area contributed by atoms with Gasteiger partial charge in [0.25, 0.3) is 0 Å². The fourth-order valence-electron chi connectivity index (χ4n) is 3.24. The Labute approximate surface area is 185 Å². The van der Waals surface area contributed by atoms with Crippen LogP contribution in [0.5, 0.6) is 0 Å². The third-order valence-corrected chi connectivity index (χ3v) is 9.25. The lowest BCUT2D eigenvalue weighted by Gasteiger charge is -2.29. The number of rotatable bonds is 3. The van der Waals surface area contributed by atoms with Gasteiger partial charge in [-0.05, 0) is 69.3 Å². The monoisotopic (exact) mass is 604 g/mol. The van der Waals surface area contributed by atoms with Gasteiger partial charge in [0.05, 0.1) is 21.0 Å². The van der Waals surface area contributed by atoms with Crippen LogP contribution >= 0.6 is 63.7 Å². The SMILES string of the molecule is Brc1c(Br)c(Br)c2c(nc(N3CCNCC3)n2Cc2ccccc2)c1Br. The van der Waals surface area contributed by atoms with E-state index in [2.05, 4.69) is 103 Å². The van der Waals surface area contributed by atoms with Crippen molar-refractivity contribution >= 4 is 80.7 Å². The van der Waals surface area contributed by atoms with E-state index in [-0.39, 0.29) is 0 Å². The maximum atomic E-state index is 5.03. The molecule has 0 bridgehead atoms. The molecule has 4 rings (SSSR count). The predicted molar refractivity (Wildman–Crippen MR) is 121 cm³/mol. The van der Waals surface area contributed by atoms with Crippen molar-refractivity contribution in [2.75, 3.05) is 31.1 Å². The number of anilines is 1. The molecule has 1 aromatic heterocycles. The molecule has 4 nitrogen and oxygen atoms in total. The van der Waals surface area contributed by atoms with Gasteiger partial charge in [0.15, 0.2) is 0 Å². The number of nitrogens with one attached hydrogen (secondary N) is 1. The highest BCUT2D eigenvalue weighted by molar-refractivity contribution is 9.15. The van der Waals surface area contributed by atoms with Crippen LogP contribution in [0, 0.1) is 0 Å². The Balaban J connectivity index is 1.95. The Morgan fingerprint density at radius 3 is 2.23 bits per heavy atom. The first kappa shape index (κ1) is 18.9. The highest BCUT2D eigenvalue weighted by atomic mass is 79.9. The second kappa shape index (κ2) is 7.91. The Morgan fingerprint density at radius 2 is 1.54 bits per heavy atom. The molecule has 0 aliphatic carbocycles. The number of hydrogen-bond donors (Lipinski definition) is 1. The number of halogens is 4. The first-order valence-electron chi connectivity index (χ1n) is 8.29. The molecule has 1 fully saturated rings. The topological polar surface area (TPSA) is 33.1 Å². The molecule has 1 aliphatic rings. The van der Waals surface area contributed by atoms with E-state index in [1.807, 2.05) is 6.07 Å². The molecule has 0 spiro atoms. The Bertz CT molecular complexity index is 949. The van der Waals surface area contributed by atoms with Crippen molar-refractivity contribution in [3.8, 4) is 0 Å². The minimum Gasteiger partial charge on any atom is -0.340 e. The van der Waals surface area contributed by atoms with Crippen molar-refractivity contribution in [2.45, 2.75) is 6.54 Å². The quantitative estimate of drug-likeness (QED) is 0.314. The number of benzene rings is 2. The molecule has 8 heteroatoms. The smallest absolute Gasteiger partial charge is 0.207 e. The van der Waals surface area contributed by atoms with Crippen LogP contribution < -0.4 is 10.2 Å². The van der Waals surface area contributed by atoms with Gasteiger partial charge in [0.2, 0.25) is 5.95 Å². The lowest BCUT2D eigenvalue weighted by atomic mass is 10.2. The lowest BCUT2D eigenvalue weighted by Crippen LogP contribution is -2.44. The molecule has 2 heterocycles. The van der Waals surface area contributed by atoms with Gasteiger partial charge in [0.1, 0.15) is 5.52 Å². The average Bonchev–Trinajstić information content (AvgIpc) is 3.05. The minimum absolute atomic E-state index is 0.774. The third-order valence-electron chi connectivity index (χ3n) is 4.52. The number of imidazole rings is 1. The summed E-state index contributed by atoms with van der Waals surface area (Å²) >= 11 is 14.8. The number of nitrogens with zero attached hydrogens (tertiary/aromatic N) is 3. The Hall–Kier alpha value is -0.410. The molecule has 1 aliphatic heterocycles. The maximum Gasteiger partial charge on any atom is 0.207 e. The van der Waals surface area contributed by atoms with Crippen LogP contribution in [-0.4, -0.2) is 35.7 Å². The lowest BCUT2D eigenvalue weighted by molar-refractivity contribution is 0.571. The van der Waals surface area contributed by atoms with Gasteiger partial charge in [-0.15, -0.1) is 0 Å². The molecule has 1 saturated heterocycles. The molecule has 3 aromatic rings. The largest absolute Gasteiger partial charge is 0.340 e. The fourth-order valence-corrected chi connectivity index (χ4v) is 5.62. The Morgan fingerprint density at radius 1 is 0.885 bits per heavy atom. The van der Waals surface area contributed by atoms with E-state index in [1.165, 1.54) is 5.56 Å². The van der Waals surface area contributed by atoms with Crippen molar-refractivity contribution in [1.82, 2.24) is 14.9 Å². The minimum atomic E-state index is 0.774. The van der Waals surface area contributed by atoms with Gasteiger partial charge in [-0.25, -0.2) is 4.98 Å². The van der Waals surface area contributed by atoms with Crippen LogP contribution in [0.1, 0.15) is 5.56 Å². The average molecular weight is 608 g/mol. The summed E-state index contributed by atoms with van der Waals surface area (Å²) in [6, 6.07) is 10.5. The molecule has 1 N–H and O–H groups in total. The third kappa shape index (κ3) is 3.39. The van der Waals surface area contributed by atoms with Gasteiger partial charge in [0, 0.05) is 35.1 Å². The highest BCUT2D eigenvalue weighted by Gasteiger charge is 2.25. The number of fused-ring (bicyclic) bond motifs is 1. The van der Waals surface area contributed by atoms with E-state index in [9.17, 15) is 0 Å². The molecule has 136 valence electrons. The predicted octanol–water partition coefficient (Wildman–Crippen LogP) is 5.54. The number of aromatic nitrogens is 2. The van der Waals surface area contributed by atoms with Crippen LogP contribution in [0.3, 0.4) is 0 Å². The molecule has 2 aromatic carbocycles. The standard InChI is InChI=1S/C18H16Br4N4/c19-12-13(20)15(22)17-16(14(12)21)24-18(25-8-6-23-7-9-25)26(17)10-11-4-2-1-3-5-11/h1-5,23H,6-10H2. The maximum absolute atomic E-state index is 5.03. The normalized spacial score (nSPS) is 15.0. The summed E-state index contributed by atoms with van der Waals surface area (Å²) in [5.41, 5.74) is 3.30. The van der Waals surface area contributed by atoms with Crippen LogP contribution in [0.4, 0.5) is 5.95 Å². The summed E-state index contributed by atoms with van der Waals surface area (Å²) in [5.74, 6) is 1.01. The van der Waals surface area contributed by atoms with Crippen LogP contribution in [0.2, 0.25) is 0 Å². The van der Waals surface area contributed by atoms with Crippen LogP contribution in [0.15, 0.2) is 48.2 Å². The van der Waals surface area contributed by atoms with E-state index < -0.39 is 0 Å². The molecule has 0 atom stereocenters. The van der Waals surface area contributed by atoms with Crippen LogP contribution in [0.25, 0.3) is 11.0 Å². The van der Waals surface area contributed by atoms with Gasteiger partial charge >= 0.3 is 0 Å². The molecule has 0 radical (unpaired) electrons. The summed E-state index contributed by atoms with van der Waals surface area (Å²) in [6.45, 7) is 4.63. The molecular formula is C18H16Br4N4. The number of piperazine rings is 1. The van der Waals surface area contributed by atoms with Crippen molar-refractivity contribution in [3.63, 3.8) is 0 Å². The van der Waals surface area contributed by atoms with Crippen molar-refractivity contribution in [2.24, 2.45) is 0 Å². The zero-order chi connectivity index (χ0) is 18.3. The summed E-state index contributed by atoms with van der Waals surface area (Å²) in [4.78, 5) is 7.39. The van der Waals surface area contributed by atoms with E-state index in [1.54, 1.807) is 0 Å². The van der Waals surface area contributed by atoms with E-state index >= 15 is 0 Å². The summed E-state index contributed by atoms with van der Waals surface area (Å²) < 4.78 is 6.23.